The Hall–Kier alpha value is -2.04. The first kappa shape index (κ1) is 13.9. The van der Waals surface area contributed by atoms with Gasteiger partial charge >= 0.3 is 5.97 Å². The first-order valence-electron chi connectivity index (χ1n) is 7.48. The normalized spacial score (nSPS) is 24.3. The number of likely N-dealkylation sites (tertiary alicyclic amines) is 1. The smallest absolute Gasteiger partial charge is 0.308 e. The predicted molar refractivity (Wildman–Crippen MR) is 79.2 cm³/mol. The Balaban J connectivity index is 1.63. The van der Waals surface area contributed by atoms with E-state index in [1.807, 2.05) is 18.2 Å². The molecular formula is C16H20N2O3. The van der Waals surface area contributed by atoms with Crippen molar-refractivity contribution in [1.29, 1.82) is 0 Å². The van der Waals surface area contributed by atoms with Crippen molar-refractivity contribution in [3.05, 3.63) is 29.8 Å². The fraction of sp³-hybridized carbons (Fsp3) is 0.500. The summed E-state index contributed by atoms with van der Waals surface area (Å²) in [6.45, 7) is 1.82. The van der Waals surface area contributed by atoms with Crippen LogP contribution in [0.3, 0.4) is 0 Å². The lowest BCUT2D eigenvalue weighted by Gasteiger charge is -2.31. The van der Waals surface area contributed by atoms with E-state index in [1.165, 1.54) is 5.56 Å². The summed E-state index contributed by atoms with van der Waals surface area (Å²) in [5.74, 6) is -0.930. The number of anilines is 1. The number of para-hydroxylation sites is 1. The quantitative estimate of drug-likeness (QED) is 0.891. The summed E-state index contributed by atoms with van der Waals surface area (Å²) in [7, 11) is 0. The average molecular weight is 288 g/mol. The van der Waals surface area contributed by atoms with Gasteiger partial charge in [0, 0.05) is 37.7 Å². The molecule has 2 N–H and O–H groups in total. The number of hydrogen-bond donors (Lipinski definition) is 2. The predicted octanol–water partition coefficient (Wildman–Crippen LogP) is 1.91. The second-order valence-corrected chi connectivity index (χ2v) is 5.89. The summed E-state index contributed by atoms with van der Waals surface area (Å²) in [5.41, 5.74) is 2.30. The van der Waals surface area contributed by atoms with Crippen LogP contribution in [0, 0.1) is 5.92 Å². The van der Waals surface area contributed by atoms with Gasteiger partial charge in [0.1, 0.15) is 0 Å². The van der Waals surface area contributed by atoms with Gasteiger partial charge in [-0.2, -0.15) is 0 Å². The van der Waals surface area contributed by atoms with Gasteiger partial charge in [0.2, 0.25) is 5.91 Å². The maximum Gasteiger partial charge on any atom is 0.308 e. The first-order valence-corrected chi connectivity index (χ1v) is 7.48. The van der Waals surface area contributed by atoms with Crippen molar-refractivity contribution in [2.75, 3.05) is 25.0 Å². The highest BCUT2D eigenvalue weighted by Crippen LogP contribution is 2.33. The largest absolute Gasteiger partial charge is 0.481 e. The zero-order valence-electron chi connectivity index (χ0n) is 11.9. The number of fused-ring (bicyclic) bond motifs is 1. The molecule has 1 amide bonds. The molecule has 1 aromatic rings. The number of nitrogens with zero attached hydrogens (tertiary/aromatic N) is 1. The summed E-state index contributed by atoms with van der Waals surface area (Å²) < 4.78 is 0. The van der Waals surface area contributed by atoms with E-state index in [1.54, 1.807) is 4.90 Å². The Labute approximate surface area is 123 Å². The van der Waals surface area contributed by atoms with E-state index in [0.717, 1.165) is 18.7 Å². The van der Waals surface area contributed by atoms with Crippen molar-refractivity contribution in [3.8, 4) is 0 Å². The van der Waals surface area contributed by atoms with E-state index in [4.69, 9.17) is 5.11 Å². The first-order chi connectivity index (χ1) is 10.1. The van der Waals surface area contributed by atoms with Gasteiger partial charge in [-0.3, -0.25) is 9.59 Å². The highest BCUT2D eigenvalue weighted by Gasteiger charge is 2.31. The Morgan fingerprint density at radius 2 is 2.14 bits per heavy atom. The van der Waals surface area contributed by atoms with E-state index in [2.05, 4.69) is 11.4 Å². The molecule has 3 rings (SSSR count). The molecule has 2 aliphatic heterocycles. The number of hydrogen-bond acceptors (Lipinski definition) is 3. The lowest BCUT2D eigenvalue weighted by molar-refractivity contribution is -0.145. The summed E-state index contributed by atoms with van der Waals surface area (Å²) in [5, 5.41) is 12.4. The lowest BCUT2D eigenvalue weighted by atomic mass is 9.94. The van der Waals surface area contributed by atoms with Gasteiger partial charge < -0.3 is 15.3 Å². The van der Waals surface area contributed by atoms with Gasteiger partial charge in [-0.05, 0) is 24.5 Å². The van der Waals surface area contributed by atoms with Gasteiger partial charge in [-0.1, -0.05) is 18.2 Å². The minimum Gasteiger partial charge on any atom is -0.481 e. The molecule has 21 heavy (non-hydrogen) atoms. The van der Waals surface area contributed by atoms with Gasteiger partial charge in [0.15, 0.2) is 0 Å². The van der Waals surface area contributed by atoms with Crippen molar-refractivity contribution >= 4 is 17.6 Å². The molecule has 1 fully saturated rings. The van der Waals surface area contributed by atoms with Crippen molar-refractivity contribution in [2.24, 2.45) is 5.92 Å². The second kappa shape index (κ2) is 5.76. The monoisotopic (exact) mass is 288 g/mol. The topological polar surface area (TPSA) is 69.6 Å². The minimum absolute atomic E-state index is 0.0736. The molecule has 0 aromatic heterocycles. The molecule has 2 atom stereocenters. The van der Waals surface area contributed by atoms with Crippen LogP contribution in [0.5, 0.6) is 0 Å². The SMILES string of the molecule is O=C(O)C1CCCN(C(=O)CC2CNc3ccccc32)C1. The second-order valence-electron chi connectivity index (χ2n) is 5.89. The van der Waals surface area contributed by atoms with Crippen LogP contribution in [-0.4, -0.2) is 41.5 Å². The molecular weight excluding hydrogens is 268 g/mol. The van der Waals surface area contributed by atoms with E-state index < -0.39 is 11.9 Å². The number of carboxylic acids is 1. The summed E-state index contributed by atoms with van der Waals surface area (Å²) >= 11 is 0. The van der Waals surface area contributed by atoms with E-state index in [-0.39, 0.29) is 11.8 Å². The van der Waals surface area contributed by atoms with Gasteiger partial charge in [-0.15, -0.1) is 0 Å². The third-order valence-corrected chi connectivity index (χ3v) is 4.48. The molecule has 112 valence electrons. The van der Waals surface area contributed by atoms with Crippen LogP contribution >= 0.6 is 0 Å². The molecule has 5 nitrogen and oxygen atoms in total. The Bertz CT molecular complexity index is 558. The number of carboxylic acid groups (broad SMARTS) is 1. The number of benzene rings is 1. The molecule has 0 bridgehead atoms. The highest BCUT2D eigenvalue weighted by molar-refractivity contribution is 5.79. The van der Waals surface area contributed by atoms with Crippen molar-refractivity contribution in [3.63, 3.8) is 0 Å². The number of carbonyl (C=O) groups excluding carboxylic acids is 1. The molecule has 1 aromatic carbocycles. The summed E-state index contributed by atoms with van der Waals surface area (Å²) in [4.78, 5) is 25.2. The Morgan fingerprint density at radius 3 is 2.95 bits per heavy atom. The number of piperidine rings is 1. The molecule has 0 saturated carbocycles. The molecule has 2 heterocycles. The van der Waals surface area contributed by atoms with Crippen LogP contribution in [-0.2, 0) is 9.59 Å². The summed E-state index contributed by atoms with van der Waals surface area (Å²) in [6, 6.07) is 8.06. The van der Waals surface area contributed by atoms with Crippen molar-refractivity contribution in [1.82, 2.24) is 4.90 Å². The number of amides is 1. The highest BCUT2D eigenvalue weighted by atomic mass is 16.4. The number of carbonyl (C=O) groups is 2. The number of nitrogens with one attached hydrogen (secondary N) is 1. The maximum atomic E-state index is 12.4. The van der Waals surface area contributed by atoms with Gasteiger partial charge in [0.05, 0.1) is 5.92 Å². The van der Waals surface area contributed by atoms with Crippen LogP contribution in [0.15, 0.2) is 24.3 Å². The van der Waals surface area contributed by atoms with Crippen LogP contribution in [0.1, 0.15) is 30.7 Å². The molecule has 5 heteroatoms. The third kappa shape index (κ3) is 2.86. The lowest BCUT2D eigenvalue weighted by Crippen LogP contribution is -2.42. The van der Waals surface area contributed by atoms with Crippen LogP contribution in [0.4, 0.5) is 5.69 Å². The fourth-order valence-electron chi connectivity index (χ4n) is 3.28. The molecule has 0 aliphatic carbocycles. The van der Waals surface area contributed by atoms with E-state index in [0.29, 0.717) is 25.9 Å². The molecule has 1 saturated heterocycles. The average Bonchev–Trinajstić information content (AvgIpc) is 2.91. The third-order valence-electron chi connectivity index (χ3n) is 4.48. The van der Waals surface area contributed by atoms with Crippen molar-refractivity contribution < 1.29 is 14.7 Å². The maximum absolute atomic E-state index is 12.4. The Morgan fingerprint density at radius 1 is 1.33 bits per heavy atom. The van der Waals surface area contributed by atoms with Crippen LogP contribution in [0.2, 0.25) is 0 Å². The van der Waals surface area contributed by atoms with E-state index in [9.17, 15) is 9.59 Å². The van der Waals surface area contributed by atoms with E-state index >= 15 is 0 Å². The van der Waals surface area contributed by atoms with Gasteiger partial charge in [-0.25, -0.2) is 0 Å². The molecule has 2 aliphatic rings. The minimum atomic E-state index is -0.791. The fourth-order valence-corrected chi connectivity index (χ4v) is 3.28. The molecule has 2 unspecified atom stereocenters. The Kier molecular flexibility index (Phi) is 3.82. The zero-order valence-corrected chi connectivity index (χ0v) is 11.9. The summed E-state index contributed by atoms with van der Waals surface area (Å²) in [6.07, 6.45) is 1.91. The van der Waals surface area contributed by atoms with Crippen molar-refractivity contribution in [2.45, 2.75) is 25.2 Å². The zero-order chi connectivity index (χ0) is 14.8. The van der Waals surface area contributed by atoms with Gasteiger partial charge in [0.25, 0.3) is 0 Å². The number of rotatable bonds is 3. The van der Waals surface area contributed by atoms with Crippen LogP contribution < -0.4 is 5.32 Å². The van der Waals surface area contributed by atoms with Crippen LogP contribution in [0.25, 0.3) is 0 Å². The molecule has 0 radical (unpaired) electrons. The number of aliphatic carboxylic acids is 1. The standard InChI is InChI=1S/C16H20N2O3/c19-15(18-7-3-4-11(10-18)16(20)21)8-12-9-17-14-6-2-1-5-13(12)14/h1-2,5-6,11-12,17H,3-4,7-10H2,(H,20,21). The molecule has 0 spiro atoms.